The van der Waals surface area contributed by atoms with Gasteiger partial charge in [-0.05, 0) is 101 Å². The zero-order valence-corrected chi connectivity index (χ0v) is 35.1. The van der Waals surface area contributed by atoms with Crippen molar-refractivity contribution < 1.29 is 38.1 Å². The molecule has 0 aliphatic carbocycles. The molecule has 326 valence electrons. The predicted octanol–water partition coefficient (Wildman–Crippen LogP) is 5.75. The smallest absolute Gasteiger partial charge is 0.405 e. The number of aromatic nitrogens is 4. The van der Waals surface area contributed by atoms with Crippen LogP contribution in [0, 0.1) is 23.7 Å². The first-order chi connectivity index (χ1) is 30.0. The first kappa shape index (κ1) is 42.5. The number of hydrogen-bond donors (Lipinski definition) is 4. The van der Waals surface area contributed by atoms with Gasteiger partial charge in [0.2, 0.25) is 0 Å². The molecule has 4 saturated heterocycles. The third-order valence-corrected chi connectivity index (χ3v) is 12.8. The number of amides is 4. The second-order valence-electron chi connectivity index (χ2n) is 16.9. The van der Waals surface area contributed by atoms with Crippen molar-refractivity contribution >= 4 is 24.0 Å². The lowest BCUT2D eigenvalue weighted by Crippen LogP contribution is -2.56. The third-order valence-electron chi connectivity index (χ3n) is 12.8. The lowest BCUT2D eigenvalue weighted by molar-refractivity contribution is -0.162. The molecule has 4 aromatic rings. The highest BCUT2D eigenvalue weighted by Gasteiger charge is 2.51. The zero-order valence-electron chi connectivity index (χ0n) is 35.1. The highest BCUT2D eigenvalue weighted by atomic mass is 16.6. The van der Waals surface area contributed by atoms with Crippen LogP contribution in [0.4, 0.5) is 9.59 Å². The van der Waals surface area contributed by atoms with Crippen LogP contribution in [0.15, 0.2) is 60.9 Å². The summed E-state index contributed by atoms with van der Waals surface area (Å²) in [6.45, 7) is 6.20. The first-order valence-corrected chi connectivity index (χ1v) is 21.5. The van der Waals surface area contributed by atoms with E-state index in [2.05, 4.69) is 26.8 Å². The number of ether oxygens (including phenoxy) is 4. The standard InChI is InChI=1S/C46H54N8O8/c1-28-25-34(19-24-60-28)46(2,62-45(48)58)43(56)54-21-4-6-38(54)41-50-27-36(52-41)32-15-11-30(12-16-32)8-7-29-9-13-31(14-10-29)35-26-49-40(51-35)37-5-3-20-53(37)42(55)39(61-44(47)57)33-17-22-59-23-18-33/h9-16,26-28,33-34,37-39H,3-6,17-25H2,1-2H3,(H2,47,57)(H2,48,58)(H,49,51)(H,50,52)/t28?,34?,37?,38?,39-,46-/m0/s1. The summed E-state index contributed by atoms with van der Waals surface area (Å²) in [5.74, 6) is 6.98. The molecule has 0 bridgehead atoms. The number of primary amides is 2. The van der Waals surface area contributed by atoms with Crippen LogP contribution in [0.2, 0.25) is 0 Å². The molecule has 0 spiro atoms. The Morgan fingerprint density at radius 2 is 1.32 bits per heavy atom. The number of carbonyl (C=O) groups is 4. The van der Waals surface area contributed by atoms with E-state index in [9.17, 15) is 19.2 Å². The van der Waals surface area contributed by atoms with Crippen molar-refractivity contribution in [1.29, 1.82) is 0 Å². The van der Waals surface area contributed by atoms with E-state index in [0.29, 0.717) is 70.2 Å². The zero-order chi connectivity index (χ0) is 43.4. The molecule has 8 rings (SSSR count). The Morgan fingerprint density at radius 1 is 0.774 bits per heavy atom. The van der Waals surface area contributed by atoms with Crippen LogP contribution in [-0.2, 0) is 28.5 Å². The maximum atomic E-state index is 14.2. The molecule has 0 saturated carbocycles. The fourth-order valence-corrected chi connectivity index (χ4v) is 9.47. The van der Waals surface area contributed by atoms with Gasteiger partial charge in [-0.1, -0.05) is 36.1 Å². The van der Waals surface area contributed by atoms with Gasteiger partial charge in [0.1, 0.15) is 11.6 Å². The molecular weight excluding hydrogens is 793 g/mol. The first-order valence-electron chi connectivity index (χ1n) is 21.5. The normalized spacial score (nSPS) is 23.2. The molecule has 4 unspecified atom stereocenters. The lowest BCUT2D eigenvalue weighted by atomic mass is 9.80. The molecule has 2 aromatic carbocycles. The number of likely N-dealkylation sites (tertiary alicyclic amines) is 2. The average Bonchev–Trinajstić information content (AvgIpc) is 4.12. The van der Waals surface area contributed by atoms with E-state index >= 15 is 0 Å². The van der Waals surface area contributed by atoms with Crippen LogP contribution in [0.3, 0.4) is 0 Å². The molecule has 16 heteroatoms. The summed E-state index contributed by atoms with van der Waals surface area (Å²) in [4.78, 5) is 71.5. The van der Waals surface area contributed by atoms with E-state index < -0.39 is 23.9 Å². The fourth-order valence-electron chi connectivity index (χ4n) is 9.47. The van der Waals surface area contributed by atoms with E-state index in [0.717, 1.165) is 59.3 Å². The quantitative estimate of drug-likeness (QED) is 0.142. The van der Waals surface area contributed by atoms with E-state index in [1.165, 1.54) is 0 Å². The van der Waals surface area contributed by atoms with Gasteiger partial charge in [-0.2, -0.15) is 0 Å². The Bertz CT molecular complexity index is 2310. The van der Waals surface area contributed by atoms with E-state index in [-0.39, 0.29) is 41.8 Å². The second kappa shape index (κ2) is 18.4. The Hall–Kier alpha value is -6.18. The molecule has 4 amide bonds. The number of nitrogens with one attached hydrogen (secondary N) is 2. The van der Waals surface area contributed by atoms with Crippen LogP contribution in [0.1, 0.15) is 100 Å². The van der Waals surface area contributed by atoms with Gasteiger partial charge in [0, 0.05) is 55.9 Å². The third kappa shape index (κ3) is 9.19. The summed E-state index contributed by atoms with van der Waals surface area (Å²) < 4.78 is 22.2. The van der Waals surface area contributed by atoms with Gasteiger partial charge in [-0.3, -0.25) is 9.59 Å². The van der Waals surface area contributed by atoms with Crippen molar-refractivity contribution in [3.8, 4) is 34.4 Å². The second-order valence-corrected chi connectivity index (χ2v) is 16.9. The Morgan fingerprint density at radius 3 is 1.85 bits per heavy atom. The molecule has 0 radical (unpaired) electrons. The van der Waals surface area contributed by atoms with Gasteiger partial charge in [0.25, 0.3) is 11.8 Å². The monoisotopic (exact) mass is 846 g/mol. The largest absolute Gasteiger partial charge is 0.436 e. The van der Waals surface area contributed by atoms with Crippen molar-refractivity contribution in [2.45, 2.75) is 95.1 Å². The molecule has 4 fully saturated rings. The summed E-state index contributed by atoms with van der Waals surface area (Å²) in [5.41, 5.74) is 14.6. The van der Waals surface area contributed by atoms with Crippen molar-refractivity contribution in [3.63, 3.8) is 0 Å². The maximum absolute atomic E-state index is 14.2. The van der Waals surface area contributed by atoms with Crippen LogP contribution in [-0.4, -0.2) is 104 Å². The van der Waals surface area contributed by atoms with Crippen LogP contribution < -0.4 is 11.5 Å². The maximum Gasteiger partial charge on any atom is 0.405 e. The molecular formula is C46H54N8O8. The summed E-state index contributed by atoms with van der Waals surface area (Å²) in [6.07, 6.45) is 6.10. The Kier molecular flexibility index (Phi) is 12.6. The minimum Gasteiger partial charge on any atom is -0.436 e. The van der Waals surface area contributed by atoms with Crippen molar-refractivity contribution in [3.05, 3.63) is 83.7 Å². The molecule has 62 heavy (non-hydrogen) atoms. The number of nitrogens with zero attached hydrogens (tertiary/aromatic N) is 4. The predicted molar refractivity (Wildman–Crippen MR) is 227 cm³/mol. The number of aromatic amines is 2. The summed E-state index contributed by atoms with van der Waals surface area (Å²) in [5, 5.41) is 0. The van der Waals surface area contributed by atoms with E-state index in [1.54, 1.807) is 29.1 Å². The Balaban J connectivity index is 0.896. The van der Waals surface area contributed by atoms with Crippen molar-refractivity contribution in [2.24, 2.45) is 23.3 Å². The van der Waals surface area contributed by atoms with Crippen molar-refractivity contribution in [2.75, 3.05) is 32.9 Å². The highest BCUT2D eigenvalue weighted by Crippen LogP contribution is 2.40. The molecule has 4 aliphatic heterocycles. The van der Waals surface area contributed by atoms with E-state index in [4.69, 9.17) is 35.4 Å². The SMILES string of the molecule is CC1CC([C@](C)(OC(N)=O)C(=O)N2CCCC2c2ncc(-c3ccc(C#Cc4ccc(-c5cnc(C6CCCN6C(=O)[C@@H](OC(N)=O)C6CCOCC6)[nH]5)cc4)cc3)[nH]2)CCO1. The minimum atomic E-state index is -1.41. The average molecular weight is 847 g/mol. The number of benzene rings is 2. The summed E-state index contributed by atoms with van der Waals surface area (Å²) >= 11 is 0. The van der Waals surface area contributed by atoms with Gasteiger partial charge in [-0.15, -0.1) is 0 Å². The van der Waals surface area contributed by atoms with Crippen molar-refractivity contribution in [1.82, 2.24) is 29.7 Å². The number of nitrogens with two attached hydrogens (primary N) is 2. The van der Waals surface area contributed by atoms with Crippen LogP contribution >= 0.6 is 0 Å². The van der Waals surface area contributed by atoms with Gasteiger partial charge in [-0.25, -0.2) is 19.6 Å². The molecule has 6 heterocycles. The topological polar surface area (TPSA) is 221 Å². The number of hydrogen-bond acceptors (Lipinski definition) is 10. The highest BCUT2D eigenvalue weighted by molar-refractivity contribution is 5.88. The van der Waals surface area contributed by atoms with Crippen LogP contribution in [0.5, 0.6) is 0 Å². The molecule has 16 nitrogen and oxygen atoms in total. The lowest BCUT2D eigenvalue weighted by Gasteiger charge is -2.42. The Labute approximate surface area is 360 Å². The molecule has 6 N–H and O–H groups in total. The molecule has 2 aromatic heterocycles. The van der Waals surface area contributed by atoms with Crippen LogP contribution in [0.25, 0.3) is 22.5 Å². The number of imidazole rings is 2. The fraction of sp³-hybridized carbons (Fsp3) is 0.478. The van der Waals surface area contributed by atoms with Gasteiger partial charge in [0.15, 0.2) is 11.7 Å². The summed E-state index contributed by atoms with van der Waals surface area (Å²) in [7, 11) is 0. The molecule has 6 atom stereocenters. The minimum absolute atomic E-state index is 0.0561. The number of rotatable bonds is 10. The molecule has 4 aliphatic rings. The summed E-state index contributed by atoms with van der Waals surface area (Å²) in [6, 6.07) is 15.2. The number of carbonyl (C=O) groups excluding carboxylic acids is 4. The van der Waals surface area contributed by atoms with Gasteiger partial charge < -0.3 is 50.2 Å². The van der Waals surface area contributed by atoms with E-state index in [1.807, 2.05) is 55.5 Å². The number of H-pyrrole nitrogens is 2. The van der Waals surface area contributed by atoms with Gasteiger partial charge >= 0.3 is 12.2 Å². The van der Waals surface area contributed by atoms with Gasteiger partial charge in [0.05, 0.1) is 42.0 Å².